The maximum Gasteiger partial charge on any atom is 0.332 e. The van der Waals surface area contributed by atoms with Crippen molar-refractivity contribution < 1.29 is 14.0 Å². The second-order valence-corrected chi connectivity index (χ2v) is 2.43. The highest BCUT2D eigenvalue weighted by Crippen LogP contribution is 2.27. The topological polar surface area (TPSA) is 58.6 Å². The highest BCUT2D eigenvalue weighted by Gasteiger charge is 2.36. The molecule has 0 aliphatic rings. The summed E-state index contributed by atoms with van der Waals surface area (Å²) in [4.78, 5) is 0. The van der Waals surface area contributed by atoms with Gasteiger partial charge in [-0.15, -0.1) is 0 Å². The van der Waals surface area contributed by atoms with Gasteiger partial charge in [-0.2, -0.15) is 8.78 Å². The van der Waals surface area contributed by atoms with Crippen molar-refractivity contribution in [3.05, 3.63) is 35.9 Å². The van der Waals surface area contributed by atoms with Gasteiger partial charge < -0.3 is 10.9 Å². The van der Waals surface area contributed by atoms with Gasteiger partial charge in [0.05, 0.1) is 0 Å². The zero-order valence-corrected chi connectivity index (χ0v) is 6.61. The molecule has 0 heterocycles. The van der Waals surface area contributed by atoms with Crippen LogP contribution in [0.3, 0.4) is 0 Å². The van der Waals surface area contributed by atoms with Crippen molar-refractivity contribution in [2.45, 2.75) is 5.92 Å². The van der Waals surface area contributed by atoms with E-state index in [2.05, 4.69) is 5.16 Å². The number of halogens is 2. The summed E-state index contributed by atoms with van der Waals surface area (Å²) in [6.45, 7) is 0. The highest BCUT2D eigenvalue weighted by atomic mass is 19.3. The fraction of sp³-hybridized carbons (Fsp3) is 0.125. The summed E-state index contributed by atoms with van der Waals surface area (Å²) in [5.41, 5.74) is 4.53. The van der Waals surface area contributed by atoms with E-state index in [1.807, 2.05) is 0 Å². The van der Waals surface area contributed by atoms with Gasteiger partial charge in [0.25, 0.3) is 0 Å². The van der Waals surface area contributed by atoms with Crippen molar-refractivity contribution in [3.8, 4) is 0 Å². The summed E-state index contributed by atoms with van der Waals surface area (Å²) >= 11 is 0. The van der Waals surface area contributed by atoms with Crippen LogP contribution >= 0.6 is 0 Å². The number of hydrogen-bond donors (Lipinski definition) is 2. The lowest BCUT2D eigenvalue weighted by Gasteiger charge is -2.13. The monoisotopic (exact) mass is 186 g/mol. The number of rotatable bonds is 2. The summed E-state index contributed by atoms with van der Waals surface area (Å²) < 4.78 is 26.3. The van der Waals surface area contributed by atoms with E-state index in [9.17, 15) is 8.78 Å². The van der Waals surface area contributed by atoms with Crippen LogP contribution in [-0.4, -0.2) is 11.0 Å². The molecule has 0 aliphatic carbocycles. The van der Waals surface area contributed by atoms with E-state index < -0.39 is 11.8 Å². The van der Waals surface area contributed by atoms with Crippen molar-refractivity contribution in [3.63, 3.8) is 0 Å². The fourth-order valence-corrected chi connectivity index (χ4v) is 0.858. The molecule has 0 saturated heterocycles. The van der Waals surface area contributed by atoms with E-state index in [-0.39, 0.29) is 5.56 Å². The normalized spacial score (nSPS) is 12.9. The van der Waals surface area contributed by atoms with Crippen molar-refractivity contribution >= 4 is 5.84 Å². The Morgan fingerprint density at radius 3 is 2.31 bits per heavy atom. The lowest BCUT2D eigenvalue weighted by atomic mass is 10.1. The Balaban J connectivity index is 3.08. The van der Waals surface area contributed by atoms with E-state index in [1.165, 1.54) is 24.3 Å². The standard InChI is InChI=1S/C8H8F2N2O/c9-8(10,7(11)12-13)6-4-2-1-3-5-6/h1-5,13H,(H2,11,12). The third-order valence-electron chi connectivity index (χ3n) is 1.57. The summed E-state index contributed by atoms with van der Waals surface area (Å²) in [6, 6.07) is 6.92. The van der Waals surface area contributed by atoms with Crippen molar-refractivity contribution in [2.75, 3.05) is 0 Å². The third kappa shape index (κ3) is 1.74. The van der Waals surface area contributed by atoms with Gasteiger partial charge in [0.2, 0.25) is 5.84 Å². The molecule has 0 amide bonds. The molecular formula is C8H8F2N2O. The molecule has 0 fully saturated rings. The van der Waals surface area contributed by atoms with Gasteiger partial charge in [-0.25, -0.2) is 0 Å². The first-order valence-electron chi connectivity index (χ1n) is 3.50. The molecule has 3 N–H and O–H groups in total. The van der Waals surface area contributed by atoms with Crippen molar-refractivity contribution in [2.24, 2.45) is 10.9 Å². The van der Waals surface area contributed by atoms with E-state index in [4.69, 9.17) is 10.9 Å². The van der Waals surface area contributed by atoms with Crippen LogP contribution in [0, 0.1) is 0 Å². The van der Waals surface area contributed by atoms with Gasteiger partial charge in [0, 0.05) is 5.56 Å². The minimum absolute atomic E-state index is 0.301. The second kappa shape index (κ2) is 3.38. The molecule has 3 nitrogen and oxygen atoms in total. The second-order valence-electron chi connectivity index (χ2n) is 2.43. The minimum atomic E-state index is -3.42. The Bertz CT molecular complexity index is 311. The first kappa shape index (κ1) is 9.44. The Hall–Kier alpha value is -1.65. The van der Waals surface area contributed by atoms with Gasteiger partial charge in [0.15, 0.2) is 0 Å². The number of nitrogens with zero attached hydrogens (tertiary/aromatic N) is 1. The first-order chi connectivity index (χ1) is 6.09. The van der Waals surface area contributed by atoms with Gasteiger partial charge in [0.1, 0.15) is 0 Å². The number of oxime groups is 1. The van der Waals surface area contributed by atoms with Crippen LogP contribution in [0.15, 0.2) is 35.5 Å². The van der Waals surface area contributed by atoms with Gasteiger partial charge in [-0.3, -0.25) is 0 Å². The van der Waals surface area contributed by atoms with Crippen molar-refractivity contribution in [1.29, 1.82) is 0 Å². The summed E-state index contributed by atoms with van der Waals surface area (Å²) in [5.74, 6) is -4.53. The number of hydrogen-bond acceptors (Lipinski definition) is 2. The molecule has 1 rings (SSSR count). The lowest BCUT2D eigenvalue weighted by molar-refractivity contribution is 0.0699. The first-order valence-corrected chi connectivity index (χ1v) is 3.50. The molecule has 0 saturated carbocycles. The van der Waals surface area contributed by atoms with Crippen LogP contribution in [0.4, 0.5) is 8.78 Å². The molecule has 0 aliphatic heterocycles. The van der Waals surface area contributed by atoms with Crippen LogP contribution in [0.1, 0.15) is 5.56 Å². The molecule has 5 heteroatoms. The van der Waals surface area contributed by atoms with E-state index >= 15 is 0 Å². The molecule has 13 heavy (non-hydrogen) atoms. The predicted octanol–water partition coefficient (Wildman–Crippen LogP) is 1.52. The number of nitrogens with two attached hydrogens (primary N) is 1. The molecule has 1 aromatic carbocycles. The van der Waals surface area contributed by atoms with Gasteiger partial charge in [-0.05, 0) is 0 Å². The van der Waals surface area contributed by atoms with Crippen molar-refractivity contribution in [1.82, 2.24) is 0 Å². The summed E-state index contributed by atoms with van der Waals surface area (Å²) in [7, 11) is 0. The Morgan fingerprint density at radius 1 is 1.31 bits per heavy atom. The average Bonchev–Trinajstić information content (AvgIpc) is 2.18. The number of alkyl halides is 2. The van der Waals surface area contributed by atoms with E-state index in [0.29, 0.717) is 0 Å². The molecule has 0 bridgehead atoms. The quantitative estimate of drug-likeness (QED) is 0.318. The number of benzene rings is 1. The summed E-state index contributed by atoms with van der Waals surface area (Å²) in [6.07, 6.45) is 0. The molecule has 0 atom stereocenters. The predicted molar refractivity (Wildman–Crippen MR) is 43.7 cm³/mol. The molecule has 0 aromatic heterocycles. The minimum Gasteiger partial charge on any atom is -0.409 e. The Morgan fingerprint density at radius 2 is 1.85 bits per heavy atom. The summed E-state index contributed by atoms with van der Waals surface area (Å²) in [5, 5.41) is 10.4. The molecule has 0 spiro atoms. The maximum absolute atomic E-state index is 13.1. The smallest absolute Gasteiger partial charge is 0.332 e. The highest BCUT2D eigenvalue weighted by molar-refractivity contribution is 5.87. The molecular weight excluding hydrogens is 178 g/mol. The molecule has 1 aromatic rings. The molecule has 70 valence electrons. The molecule has 0 radical (unpaired) electrons. The Kier molecular flexibility index (Phi) is 2.46. The van der Waals surface area contributed by atoms with Gasteiger partial charge >= 0.3 is 5.92 Å². The lowest BCUT2D eigenvalue weighted by Crippen LogP contribution is -2.33. The van der Waals surface area contributed by atoms with Crippen LogP contribution < -0.4 is 5.73 Å². The molecule has 0 unspecified atom stereocenters. The number of amidine groups is 1. The largest absolute Gasteiger partial charge is 0.409 e. The van der Waals surface area contributed by atoms with Crippen LogP contribution in [0.5, 0.6) is 0 Å². The van der Waals surface area contributed by atoms with Crippen LogP contribution in [0.25, 0.3) is 0 Å². The Labute approximate surface area is 73.5 Å². The van der Waals surface area contributed by atoms with E-state index in [1.54, 1.807) is 6.07 Å². The van der Waals surface area contributed by atoms with E-state index in [0.717, 1.165) is 0 Å². The zero-order valence-electron chi connectivity index (χ0n) is 6.61. The zero-order chi connectivity index (χ0) is 9.90. The van der Waals surface area contributed by atoms with Crippen LogP contribution in [-0.2, 0) is 5.92 Å². The van der Waals surface area contributed by atoms with Gasteiger partial charge in [-0.1, -0.05) is 35.5 Å². The van der Waals surface area contributed by atoms with Crippen LogP contribution in [0.2, 0.25) is 0 Å². The SMILES string of the molecule is NC(=NO)C(F)(F)c1ccccc1. The maximum atomic E-state index is 13.1. The fourth-order valence-electron chi connectivity index (χ4n) is 0.858. The average molecular weight is 186 g/mol. The third-order valence-corrected chi connectivity index (χ3v) is 1.57.